The van der Waals surface area contributed by atoms with Crippen LogP contribution in [-0.2, 0) is 11.3 Å². The zero-order valence-corrected chi connectivity index (χ0v) is 18.0. The van der Waals surface area contributed by atoms with Crippen LogP contribution < -0.4 is 4.90 Å². The summed E-state index contributed by atoms with van der Waals surface area (Å²) in [6, 6.07) is 10.5. The van der Waals surface area contributed by atoms with Gasteiger partial charge in [-0.05, 0) is 13.3 Å². The molecule has 0 aliphatic carbocycles. The van der Waals surface area contributed by atoms with Crippen molar-refractivity contribution in [2.45, 2.75) is 39.3 Å². The van der Waals surface area contributed by atoms with E-state index < -0.39 is 0 Å². The van der Waals surface area contributed by atoms with E-state index in [4.69, 9.17) is 0 Å². The maximum Gasteiger partial charge on any atom is 0.274 e. The van der Waals surface area contributed by atoms with Crippen LogP contribution in [0.25, 0.3) is 0 Å². The first-order chi connectivity index (χ1) is 14.6. The number of carbonyl (C=O) groups excluding carboxylic acids is 2. The molecule has 1 N–H and O–H groups in total. The summed E-state index contributed by atoms with van der Waals surface area (Å²) in [6.45, 7) is 8.88. The summed E-state index contributed by atoms with van der Waals surface area (Å²) in [7, 11) is 0. The quantitative estimate of drug-likeness (QED) is 0.706. The van der Waals surface area contributed by atoms with Crippen molar-refractivity contribution in [3.05, 3.63) is 60.2 Å². The molecule has 1 aromatic heterocycles. The molecule has 2 aromatic rings. The number of hydrogen-bond donors (Lipinski definition) is 1. The van der Waals surface area contributed by atoms with Gasteiger partial charge in [-0.3, -0.25) is 14.6 Å². The van der Waals surface area contributed by atoms with Crippen molar-refractivity contribution in [3.63, 3.8) is 0 Å². The summed E-state index contributed by atoms with van der Waals surface area (Å²) >= 11 is 0. The molecule has 1 aliphatic heterocycles. The predicted octanol–water partition coefficient (Wildman–Crippen LogP) is 1.03. The smallest absolute Gasteiger partial charge is 0.274 e. The number of rotatable bonds is 8. The van der Waals surface area contributed by atoms with Gasteiger partial charge in [-0.15, -0.1) is 0 Å². The summed E-state index contributed by atoms with van der Waals surface area (Å²) in [6.07, 6.45) is 5.71. The average molecular weight is 411 g/mol. The lowest BCUT2D eigenvalue weighted by molar-refractivity contribution is -0.917. The van der Waals surface area contributed by atoms with Crippen LogP contribution in [0.4, 0.5) is 0 Å². The first-order valence-electron chi connectivity index (χ1n) is 10.8. The molecule has 2 amide bonds. The Bertz CT molecular complexity index is 807. The Morgan fingerprint density at radius 3 is 2.53 bits per heavy atom. The van der Waals surface area contributed by atoms with Crippen molar-refractivity contribution in [2.24, 2.45) is 0 Å². The number of carbonyl (C=O) groups is 2. The van der Waals surface area contributed by atoms with Crippen molar-refractivity contribution in [2.75, 3.05) is 32.7 Å². The Labute approximate surface area is 178 Å². The van der Waals surface area contributed by atoms with Gasteiger partial charge in [0, 0.05) is 37.0 Å². The highest BCUT2D eigenvalue weighted by Crippen LogP contribution is 2.10. The fraction of sp³-hybridized carbons (Fsp3) is 0.478. The topological polar surface area (TPSA) is 70.8 Å². The van der Waals surface area contributed by atoms with E-state index in [-0.39, 0.29) is 17.9 Å². The molecular formula is C23H32N5O2+. The third-order valence-corrected chi connectivity index (χ3v) is 5.85. The molecule has 3 rings (SSSR count). The fourth-order valence-corrected chi connectivity index (χ4v) is 3.81. The van der Waals surface area contributed by atoms with Gasteiger partial charge in [-0.25, -0.2) is 4.98 Å². The van der Waals surface area contributed by atoms with Gasteiger partial charge in [0.1, 0.15) is 12.2 Å². The molecule has 160 valence electrons. The van der Waals surface area contributed by atoms with E-state index in [1.54, 1.807) is 11.1 Å². The molecule has 7 nitrogen and oxygen atoms in total. The van der Waals surface area contributed by atoms with E-state index in [1.165, 1.54) is 22.9 Å². The van der Waals surface area contributed by atoms with Gasteiger partial charge in [0.25, 0.3) is 5.91 Å². The summed E-state index contributed by atoms with van der Waals surface area (Å²) in [5.41, 5.74) is 1.65. The Balaban J connectivity index is 1.50. The molecule has 1 fully saturated rings. The van der Waals surface area contributed by atoms with Crippen LogP contribution in [-0.4, -0.2) is 70.3 Å². The van der Waals surface area contributed by atoms with Crippen LogP contribution in [0.3, 0.4) is 0 Å². The zero-order valence-electron chi connectivity index (χ0n) is 18.0. The maximum atomic E-state index is 12.8. The average Bonchev–Trinajstić information content (AvgIpc) is 2.80. The molecule has 1 aliphatic rings. The van der Waals surface area contributed by atoms with Gasteiger partial charge in [0.15, 0.2) is 0 Å². The molecule has 0 bridgehead atoms. The molecular weight excluding hydrogens is 378 g/mol. The fourth-order valence-electron chi connectivity index (χ4n) is 3.81. The van der Waals surface area contributed by atoms with Crippen molar-refractivity contribution < 1.29 is 14.5 Å². The zero-order chi connectivity index (χ0) is 21.3. The summed E-state index contributed by atoms with van der Waals surface area (Å²) < 4.78 is 0. The van der Waals surface area contributed by atoms with Gasteiger partial charge in [0.05, 0.1) is 32.4 Å². The van der Waals surface area contributed by atoms with Crippen molar-refractivity contribution in [3.8, 4) is 0 Å². The Kier molecular flexibility index (Phi) is 7.90. The first kappa shape index (κ1) is 21.9. The van der Waals surface area contributed by atoms with E-state index in [1.807, 2.05) is 24.8 Å². The summed E-state index contributed by atoms with van der Waals surface area (Å²) in [5, 5.41) is 0. The lowest BCUT2D eigenvalue weighted by Gasteiger charge is -2.33. The second-order valence-electron chi connectivity index (χ2n) is 7.89. The van der Waals surface area contributed by atoms with Gasteiger partial charge >= 0.3 is 0 Å². The number of piperazine rings is 1. The molecule has 1 saturated heterocycles. The predicted molar refractivity (Wildman–Crippen MR) is 115 cm³/mol. The van der Waals surface area contributed by atoms with Crippen LogP contribution in [0.1, 0.15) is 42.7 Å². The summed E-state index contributed by atoms with van der Waals surface area (Å²) in [4.78, 5) is 38.9. The number of quaternary nitrogens is 1. The van der Waals surface area contributed by atoms with Crippen LogP contribution in [0.5, 0.6) is 0 Å². The number of aromatic nitrogens is 2. The highest BCUT2D eigenvalue weighted by atomic mass is 16.2. The SMILES string of the molecule is CC[C@@H](C)N(CCC(=O)N1CC[NH+](Cc2ccccc2)CC1)C(=O)c1cnccn1. The Morgan fingerprint density at radius 1 is 1.17 bits per heavy atom. The normalized spacial score (nSPS) is 15.6. The lowest BCUT2D eigenvalue weighted by atomic mass is 10.1. The molecule has 30 heavy (non-hydrogen) atoms. The minimum atomic E-state index is -0.164. The number of nitrogens with zero attached hydrogens (tertiary/aromatic N) is 4. The van der Waals surface area contributed by atoms with E-state index in [0.717, 1.165) is 39.1 Å². The Hall–Kier alpha value is -2.80. The van der Waals surface area contributed by atoms with Crippen molar-refractivity contribution in [1.82, 2.24) is 19.8 Å². The number of hydrogen-bond acceptors (Lipinski definition) is 4. The van der Waals surface area contributed by atoms with Crippen LogP contribution in [0.15, 0.2) is 48.9 Å². The monoisotopic (exact) mass is 410 g/mol. The first-order valence-corrected chi connectivity index (χ1v) is 10.8. The van der Waals surface area contributed by atoms with E-state index in [9.17, 15) is 9.59 Å². The highest BCUT2D eigenvalue weighted by molar-refractivity contribution is 5.92. The van der Waals surface area contributed by atoms with Gasteiger partial charge in [-0.1, -0.05) is 37.3 Å². The molecule has 0 spiro atoms. The van der Waals surface area contributed by atoms with Crippen molar-refractivity contribution >= 4 is 11.8 Å². The third kappa shape index (κ3) is 5.86. The standard InChI is InChI=1S/C23H31N5O2/c1-3-19(2)28(23(30)21-17-24-10-11-25-21)12-9-22(29)27-15-13-26(14-16-27)18-20-7-5-4-6-8-20/h4-8,10-11,17,19H,3,9,12-16,18H2,1-2H3/p+1/t19-/m1/s1. The van der Waals surface area contributed by atoms with Crippen LogP contribution in [0, 0.1) is 0 Å². The molecule has 0 unspecified atom stereocenters. The van der Waals surface area contributed by atoms with Gasteiger partial charge in [-0.2, -0.15) is 0 Å². The molecule has 0 saturated carbocycles. The second-order valence-corrected chi connectivity index (χ2v) is 7.89. The lowest BCUT2D eigenvalue weighted by Crippen LogP contribution is -3.13. The number of benzene rings is 1. The molecule has 1 atom stereocenters. The summed E-state index contributed by atoms with van der Waals surface area (Å²) in [5.74, 6) is -0.0450. The van der Waals surface area contributed by atoms with Crippen LogP contribution in [0.2, 0.25) is 0 Å². The van der Waals surface area contributed by atoms with Crippen molar-refractivity contribution in [1.29, 1.82) is 0 Å². The second kappa shape index (κ2) is 10.8. The van der Waals surface area contributed by atoms with E-state index in [0.29, 0.717) is 18.7 Å². The van der Waals surface area contributed by atoms with Gasteiger partial charge in [0.2, 0.25) is 5.91 Å². The molecule has 2 heterocycles. The molecule has 7 heteroatoms. The van der Waals surface area contributed by atoms with E-state index >= 15 is 0 Å². The molecule has 0 radical (unpaired) electrons. The minimum Gasteiger partial charge on any atom is -0.334 e. The van der Waals surface area contributed by atoms with Crippen LogP contribution >= 0.6 is 0 Å². The molecule has 1 aromatic carbocycles. The number of nitrogens with one attached hydrogen (secondary N) is 1. The van der Waals surface area contributed by atoms with Gasteiger partial charge < -0.3 is 14.7 Å². The largest absolute Gasteiger partial charge is 0.334 e. The maximum absolute atomic E-state index is 12.8. The minimum absolute atomic E-state index is 0.0412. The highest BCUT2D eigenvalue weighted by Gasteiger charge is 2.26. The number of amides is 2. The Morgan fingerprint density at radius 2 is 1.90 bits per heavy atom. The third-order valence-electron chi connectivity index (χ3n) is 5.85. The van der Waals surface area contributed by atoms with E-state index in [2.05, 4.69) is 34.2 Å².